The number of pyridine rings is 2. The Morgan fingerprint density at radius 3 is 2.86 bits per heavy atom. The smallest absolute Gasteiger partial charge is 0.356 e. The number of aromatic nitrogens is 2. The molecule has 0 aliphatic rings. The fraction of sp³-hybridized carbons (Fsp3) is 0. The van der Waals surface area contributed by atoms with Crippen molar-refractivity contribution < 1.29 is 14.6 Å². The minimum Gasteiger partial charge on any atom is -0.476 e. The summed E-state index contributed by atoms with van der Waals surface area (Å²) in [5.41, 5.74) is 0.538. The molecule has 5 nitrogen and oxygen atoms in total. The lowest BCUT2D eigenvalue weighted by Gasteiger charge is -2.07. The highest BCUT2D eigenvalue weighted by atomic mass is 35.5. The van der Waals surface area contributed by atoms with E-state index >= 15 is 0 Å². The predicted octanol–water partition coefficient (Wildman–Crippen LogP) is 3.77. The molecule has 0 amide bonds. The standard InChI is InChI=1S/C15H9ClN2O3/c16-11-5-6-13(18-14(11)15(19)20)21-10-4-3-9-2-1-7-17-12(9)8-10/h1-8H,(H,19,20). The van der Waals surface area contributed by atoms with Gasteiger partial charge in [-0.15, -0.1) is 0 Å². The van der Waals surface area contributed by atoms with Gasteiger partial charge in [-0.3, -0.25) is 4.98 Å². The van der Waals surface area contributed by atoms with Crippen LogP contribution in [0.1, 0.15) is 10.5 Å². The lowest BCUT2D eigenvalue weighted by Crippen LogP contribution is -2.02. The van der Waals surface area contributed by atoms with Crippen LogP contribution < -0.4 is 4.74 Å². The summed E-state index contributed by atoms with van der Waals surface area (Å²) in [6, 6.07) is 12.1. The molecule has 21 heavy (non-hydrogen) atoms. The van der Waals surface area contributed by atoms with Crippen LogP contribution in [-0.4, -0.2) is 21.0 Å². The molecule has 0 spiro atoms. The summed E-state index contributed by atoms with van der Waals surface area (Å²) >= 11 is 5.76. The topological polar surface area (TPSA) is 72.3 Å². The molecule has 1 N–H and O–H groups in total. The third kappa shape index (κ3) is 2.78. The van der Waals surface area contributed by atoms with E-state index in [0.717, 1.165) is 10.9 Å². The Balaban J connectivity index is 1.94. The molecule has 0 unspecified atom stereocenters. The monoisotopic (exact) mass is 300 g/mol. The summed E-state index contributed by atoms with van der Waals surface area (Å²) in [6.07, 6.45) is 1.69. The van der Waals surface area contributed by atoms with Gasteiger partial charge in [0, 0.05) is 23.7 Å². The Hall–Kier alpha value is -2.66. The Bertz CT molecular complexity index is 836. The molecule has 3 aromatic rings. The lowest BCUT2D eigenvalue weighted by atomic mass is 10.2. The van der Waals surface area contributed by atoms with Gasteiger partial charge in [0.2, 0.25) is 5.88 Å². The van der Waals surface area contributed by atoms with Crippen molar-refractivity contribution in [1.82, 2.24) is 9.97 Å². The summed E-state index contributed by atoms with van der Waals surface area (Å²) in [5, 5.41) is 10.0. The zero-order valence-electron chi connectivity index (χ0n) is 10.7. The van der Waals surface area contributed by atoms with Gasteiger partial charge in [-0.1, -0.05) is 17.7 Å². The van der Waals surface area contributed by atoms with E-state index in [-0.39, 0.29) is 16.6 Å². The Labute approximate surface area is 124 Å². The number of hydrogen-bond donors (Lipinski definition) is 1. The maximum atomic E-state index is 11.0. The molecule has 2 heterocycles. The van der Waals surface area contributed by atoms with Crippen molar-refractivity contribution in [2.45, 2.75) is 0 Å². The highest BCUT2D eigenvalue weighted by Crippen LogP contribution is 2.25. The number of aromatic carboxylic acids is 1. The van der Waals surface area contributed by atoms with E-state index < -0.39 is 5.97 Å². The summed E-state index contributed by atoms with van der Waals surface area (Å²) < 4.78 is 5.56. The number of ether oxygens (including phenoxy) is 1. The van der Waals surface area contributed by atoms with E-state index in [9.17, 15) is 4.79 Å². The third-order valence-electron chi connectivity index (χ3n) is 2.82. The number of nitrogens with zero attached hydrogens (tertiary/aromatic N) is 2. The molecule has 104 valence electrons. The molecule has 6 heteroatoms. The number of halogens is 1. The van der Waals surface area contributed by atoms with E-state index in [1.807, 2.05) is 18.2 Å². The van der Waals surface area contributed by atoms with Crippen LogP contribution >= 0.6 is 11.6 Å². The number of fused-ring (bicyclic) bond motifs is 1. The van der Waals surface area contributed by atoms with Crippen LogP contribution in [0.4, 0.5) is 0 Å². The van der Waals surface area contributed by atoms with Crippen molar-refractivity contribution in [1.29, 1.82) is 0 Å². The minimum absolute atomic E-state index is 0.0648. The van der Waals surface area contributed by atoms with Crippen LogP contribution in [0.2, 0.25) is 5.02 Å². The maximum absolute atomic E-state index is 11.0. The maximum Gasteiger partial charge on any atom is 0.356 e. The van der Waals surface area contributed by atoms with Crippen LogP contribution in [0.3, 0.4) is 0 Å². The van der Waals surface area contributed by atoms with Crippen molar-refractivity contribution in [2.24, 2.45) is 0 Å². The molecule has 0 fully saturated rings. The van der Waals surface area contributed by atoms with Gasteiger partial charge < -0.3 is 9.84 Å². The first-order chi connectivity index (χ1) is 10.1. The molecule has 0 atom stereocenters. The minimum atomic E-state index is -1.20. The molecule has 0 saturated carbocycles. The van der Waals surface area contributed by atoms with Crippen molar-refractivity contribution in [3.63, 3.8) is 0 Å². The van der Waals surface area contributed by atoms with Gasteiger partial charge in [-0.05, 0) is 24.3 Å². The van der Waals surface area contributed by atoms with Crippen LogP contribution in [-0.2, 0) is 0 Å². The second-order valence-corrected chi connectivity index (χ2v) is 4.65. The molecule has 3 rings (SSSR count). The lowest BCUT2D eigenvalue weighted by molar-refractivity contribution is 0.0690. The SMILES string of the molecule is O=C(O)c1nc(Oc2ccc3cccnc3c2)ccc1Cl. The van der Waals surface area contributed by atoms with E-state index in [4.69, 9.17) is 21.4 Å². The number of benzene rings is 1. The van der Waals surface area contributed by atoms with Crippen LogP contribution in [0.15, 0.2) is 48.7 Å². The van der Waals surface area contributed by atoms with E-state index in [1.54, 1.807) is 18.3 Å². The number of rotatable bonds is 3. The first kappa shape index (κ1) is 13.3. The van der Waals surface area contributed by atoms with Crippen molar-refractivity contribution >= 4 is 28.5 Å². The molecule has 0 bridgehead atoms. The van der Waals surface area contributed by atoms with Gasteiger partial charge in [-0.2, -0.15) is 0 Å². The normalized spacial score (nSPS) is 10.5. The van der Waals surface area contributed by atoms with Crippen LogP contribution in [0, 0.1) is 0 Å². The van der Waals surface area contributed by atoms with Crippen molar-refractivity contribution in [2.75, 3.05) is 0 Å². The molecular weight excluding hydrogens is 292 g/mol. The zero-order chi connectivity index (χ0) is 14.8. The second-order valence-electron chi connectivity index (χ2n) is 4.25. The van der Waals surface area contributed by atoms with Crippen molar-refractivity contribution in [3.05, 3.63) is 59.4 Å². The molecular formula is C15H9ClN2O3. The molecule has 0 radical (unpaired) electrons. The number of carbonyl (C=O) groups is 1. The highest BCUT2D eigenvalue weighted by Gasteiger charge is 2.12. The quantitative estimate of drug-likeness (QED) is 0.797. The molecule has 0 aliphatic carbocycles. The van der Waals surface area contributed by atoms with Gasteiger partial charge in [0.05, 0.1) is 10.5 Å². The average Bonchev–Trinajstić information content (AvgIpc) is 2.49. The van der Waals surface area contributed by atoms with Gasteiger partial charge in [-0.25, -0.2) is 9.78 Å². The number of hydrogen-bond acceptors (Lipinski definition) is 4. The fourth-order valence-corrected chi connectivity index (χ4v) is 2.05. The first-order valence-electron chi connectivity index (χ1n) is 6.06. The predicted molar refractivity (Wildman–Crippen MR) is 78.0 cm³/mol. The first-order valence-corrected chi connectivity index (χ1v) is 6.44. The summed E-state index contributed by atoms with van der Waals surface area (Å²) in [7, 11) is 0. The number of carboxylic acids is 1. The Morgan fingerprint density at radius 1 is 1.19 bits per heavy atom. The summed E-state index contributed by atoms with van der Waals surface area (Å²) in [4.78, 5) is 19.1. The van der Waals surface area contributed by atoms with E-state index in [1.165, 1.54) is 12.1 Å². The zero-order valence-corrected chi connectivity index (χ0v) is 11.4. The van der Waals surface area contributed by atoms with Gasteiger partial charge in [0.25, 0.3) is 0 Å². The molecule has 2 aromatic heterocycles. The average molecular weight is 301 g/mol. The highest BCUT2D eigenvalue weighted by molar-refractivity contribution is 6.33. The summed E-state index contributed by atoms with van der Waals surface area (Å²) in [5.74, 6) is -0.523. The molecule has 0 aliphatic heterocycles. The van der Waals surface area contributed by atoms with Gasteiger partial charge in [0.1, 0.15) is 5.75 Å². The number of carboxylic acid groups (broad SMARTS) is 1. The fourth-order valence-electron chi connectivity index (χ4n) is 1.86. The van der Waals surface area contributed by atoms with E-state index in [0.29, 0.717) is 5.75 Å². The van der Waals surface area contributed by atoms with Crippen LogP contribution in [0.25, 0.3) is 10.9 Å². The van der Waals surface area contributed by atoms with Crippen molar-refractivity contribution in [3.8, 4) is 11.6 Å². The largest absolute Gasteiger partial charge is 0.476 e. The molecule has 1 aromatic carbocycles. The van der Waals surface area contributed by atoms with E-state index in [2.05, 4.69) is 9.97 Å². The van der Waals surface area contributed by atoms with Gasteiger partial charge in [0.15, 0.2) is 5.69 Å². The Morgan fingerprint density at radius 2 is 2.05 bits per heavy atom. The van der Waals surface area contributed by atoms with Crippen LogP contribution in [0.5, 0.6) is 11.6 Å². The Kier molecular flexibility index (Phi) is 3.41. The molecule has 0 saturated heterocycles. The third-order valence-corrected chi connectivity index (χ3v) is 3.13. The summed E-state index contributed by atoms with van der Waals surface area (Å²) in [6.45, 7) is 0. The van der Waals surface area contributed by atoms with Gasteiger partial charge >= 0.3 is 5.97 Å². The second kappa shape index (κ2) is 5.38.